The minimum absolute atomic E-state index is 0. The number of nitrogens with two attached hydrogens (primary N) is 1. The third kappa shape index (κ3) is 5.97. The molecule has 3 N–H and O–H groups in total. The number of benzene rings is 3. The molecule has 0 amide bonds. The summed E-state index contributed by atoms with van der Waals surface area (Å²) in [6, 6.07) is 24.3. The Morgan fingerprint density at radius 2 is 1.79 bits per heavy atom. The number of ether oxygens (including phenoxy) is 2. The molecule has 0 spiro atoms. The van der Waals surface area contributed by atoms with E-state index >= 15 is 0 Å². The number of methoxy groups -OCH3 is 1. The first-order chi connectivity index (χ1) is 16.0. The molecule has 0 radical (unpaired) electrons. The van der Waals surface area contributed by atoms with Crippen molar-refractivity contribution in [3.63, 3.8) is 0 Å². The van der Waals surface area contributed by atoms with E-state index in [2.05, 4.69) is 12.1 Å². The van der Waals surface area contributed by atoms with Crippen LogP contribution in [0.1, 0.15) is 42.1 Å². The molecule has 0 heterocycles. The predicted molar refractivity (Wildman–Crippen MR) is 135 cm³/mol. The summed E-state index contributed by atoms with van der Waals surface area (Å²) in [6.45, 7) is 0.363. The number of rotatable bonds is 8. The Morgan fingerprint density at radius 1 is 1.06 bits per heavy atom. The standard InChI is InChI=1S/C28H32FNO3.ClH/c1-32-25-9-5-8-22(17-25)28(31)15-14-26(18-23(28)19-30)33-27(21-6-3-2-4-7-21)16-20-10-12-24(29)13-11-20;/h2-13,17,23,26-27,31H,14-16,18-19,30H2,1H3;1H. The third-order valence-corrected chi connectivity index (χ3v) is 6.79. The van der Waals surface area contributed by atoms with Crippen molar-refractivity contribution in [2.24, 2.45) is 11.7 Å². The fraction of sp³-hybridized carbons (Fsp3) is 0.357. The van der Waals surface area contributed by atoms with Crippen molar-refractivity contribution in [1.29, 1.82) is 0 Å². The van der Waals surface area contributed by atoms with E-state index in [1.165, 1.54) is 12.1 Å². The average molecular weight is 486 g/mol. The molecule has 1 aliphatic carbocycles. The molecule has 0 aliphatic heterocycles. The fourth-order valence-corrected chi connectivity index (χ4v) is 4.88. The number of hydrogen-bond donors (Lipinski definition) is 2. The van der Waals surface area contributed by atoms with Gasteiger partial charge in [-0.25, -0.2) is 4.39 Å². The zero-order valence-electron chi connectivity index (χ0n) is 19.4. The van der Waals surface area contributed by atoms with Gasteiger partial charge in [-0.05, 0) is 66.8 Å². The van der Waals surface area contributed by atoms with E-state index in [4.69, 9.17) is 15.2 Å². The monoisotopic (exact) mass is 485 g/mol. The lowest BCUT2D eigenvalue weighted by atomic mass is 9.70. The van der Waals surface area contributed by atoms with Crippen molar-refractivity contribution in [1.82, 2.24) is 0 Å². The van der Waals surface area contributed by atoms with Crippen LogP contribution < -0.4 is 10.5 Å². The van der Waals surface area contributed by atoms with Gasteiger partial charge in [-0.1, -0.05) is 54.6 Å². The molecule has 34 heavy (non-hydrogen) atoms. The molecule has 3 aromatic rings. The van der Waals surface area contributed by atoms with Crippen LogP contribution >= 0.6 is 12.4 Å². The van der Waals surface area contributed by atoms with Gasteiger partial charge in [0.2, 0.25) is 0 Å². The summed E-state index contributed by atoms with van der Waals surface area (Å²) in [5, 5.41) is 11.6. The van der Waals surface area contributed by atoms with Gasteiger partial charge < -0.3 is 20.3 Å². The average Bonchev–Trinajstić information content (AvgIpc) is 2.86. The van der Waals surface area contributed by atoms with Gasteiger partial charge in [0.25, 0.3) is 0 Å². The van der Waals surface area contributed by atoms with Gasteiger partial charge in [0.1, 0.15) is 11.6 Å². The highest BCUT2D eigenvalue weighted by atomic mass is 35.5. The van der Waals surface area contributed by atoms with E-state index in [1.807, 2.05) is 42.5 Å². The minimum Gasteiger partial charge on any atom is -0.497 e. The van der Waals surface area contributed by atoms with Crippen LogP contribution in [-0.4, -0.2) is 24.9 Å². The summed E-state index contributed by atoms with van der Waals surface area (Å²) < 4.78 is 25.4. The Balaban J connectivity index is 0.00000324. The molecule has 4 rings (SSSR count). The quantitative estimate of drug-likeness (QED) is 0.437. The third-order valence-electron chi connectivity index (χ3n) is 6.79. The molecule has 1 saturated carbocycles. The van der Waals surface area contributed by atoms with Crippen LogP contribution in [0.3, 0.4) is 0 Å². The lowest BCUT2D eigenvalue weighted by Crippen LogP contribution is -2.46. The van der Waals surface area contributed by atoms with Crippen molar-refractivity contribution >= 4 is 12.4 Å². The molecule has 1 fully saturated rings. The fourth-order valence-electron chi connectivity index (χ4n) is 4.88. The summed E-state index contributed by atoms with van der Waals surface area (Å²) in [7, 11) is 1.62. The number of halogens is 2. The molecular formula is C28H33ClFNO3. The van der Waals surface area contributed by atoms with Crippen LogP contribution in [-0.2, 0) is 16.8 Å². The smallest absolute Gasteiger partial charge is 0.123 e. The van der Waals surface area contributed by atoms with Crippen molar-refractivity contribution in [3.05, 3.63) is 101 Å². The Labute approximate surface area is 207 Å². The van der Waals surface area contributed by atoms with E-state index in [-0.39, 0.29) is 36.4 Å². The summed E-state index contributed by atoms with van der Waals surface area (Å²) in [6.07, 6.45) is 2.39. The van der Waals surface area contributed by atoms with Crippen molar-refractivity contribution in [2.45, 2.75) is 43.5 Å². The molecule has 182 valence electrons. The van der Waals surface area contributed by atoms with Crippen molar-refractivity contribution < 1.29 is 19.0 Å². The second kappa shape index (κ2) is 11.8. The summed E-state index contributed by atoms with van der Waals surface area (Å²) >= 11 is 0. The Morgan fingerprint density at radius 3 is 2.47 bits per heavy atom. The number of hydrogen-bond acceptors (Lipinski definition) is 4. The van der Waals surface area contributed by atoms with Crippen LogP contribution in [0.4, 0.5) is 4.39 Å². The molecule has 6 heteroatoms. The lowest BCUT2D eigenvalue weighted by Gasteiger charge is -2.43. The Bertz CT molecular complexity index is 1030. The molecular weight excluding hydrogens is 453 g/mol. The topological polar surface area (TPSA) is 64.7 Å². The van der Waals surface area contributed by atoms with Gasteiger partial charge in [0, 0.05) is 12.3 Å². The minimum atomic E-state index is -1.01. The van der Waals surface area contributed by atoms with Crippen LogP contribution in [0.2, 0.25) is 0 Å². The van der Waals surface area contributed by atoms with E-state index < -0.39 is 5.60 Å². The van der Waals surface area contributed by atoms with Gasteiger partial charge in [0.15, 0.2) is 0 Å². The van der Waals surface area contributed by atoms with Crippen molar-refractivity contribution in [2.75, 3.05) is 13.7 Å². The number of aliphatic hydroxyl groups is 1. The molecule has 4 atom stereocenters. The van der Waals surface area contributed by atoms with E-state index in [0.29, 0.717) is 25.8 Å². The molecule has 0 bridgehead atoms. The lowest BCUT2D eigenvalue weighted by molar-refractivity contribution is -0.117. The van der Waals surface area contributed by atoms with Crippen LogP contribution in [0, 0.1) is 11.7 Å². The maximum absolute atomic E-state index is 13.4. The molecule has 1 aliphatic rings. The molecule has 0 aromatic heterocycles. The zero-order valence-corrected chi connectivity index (χ0v) is 20.2. The van der Waals surface area contributed by atoms with Crippen molar-refractivity contribution in [3.8, 4) is 5.75 Å². The van der Waals surface area contributed by atoms with Gasteiger partial charge >= 0.3 is 0 Å². The maximum Gasteiger partial charge on any atom is 0.123 e. The Kier molecular flexibility index (Phi) is 9.09. The van der Waals surface area contributed by atoms with Crippen LogP contribution in [0.15, 0.2) is 78.9 Å². The summed E-state index contributed by atoms with van der Waals surface area (Å²) in [5.74, 6) is 0.343. The highest BCUT2D eigenvalue weighted by molar-refractivity contribution is 5.85. The van der Waals surface area contributed by atoms with Gasteiger partial charge in [0.05, 0.1) is 24.9 Å². The molecule has 0 saturated heterocycles. The largest absolute Gasteiger partial charge is 0.497 e. The second-order valence-corrected chi connectivity index (χ2v) is 8.85. The zero-order chi connectivity index (χ0) is 23.3. The van der Waals surface area contributed by atoms with E-state index in [1.54, 1.807) is 19.2 Å². The first kappa shape index (κ1) is 26.2. The van der Waals surface area contributed by atoms with E-state index in [0.717, 1.165) is 28.9 Å². The summed E-state index contributed by atoms with van der Waals surface area (Å²) in [5.41, 5.74) is 8.07. The molecule has 4 unspecified atom stereocenters. The highest BCUT2D eigenvalue weighted by Gasteiger charge is 2.43. The molecule has 4 nitrogen and oxygen atoms in total. The highest BCUT2D eigenvalue weighted by Crippen LogP contribution is 2.44. The summed E-state index contributed by atoms with van der Waals surface area (Å²) in [4.78, 5) is 0. The SMILES string of the molecule is COc1cccc(C2(O)CCC(OC(Cc3ccc(F)cc3)c3ccccc3)CC2CN)c1.Cl. The normalized spacial score (nSPS) is 23.1. The van der Waals surface area contributed by atoms with E-state index in [9.17, 15) is 9.50 Å². The first-order valence-corrected chi connectivity index (χ1v) is 11.5. The maximum atomic E-state index is 13.4. The predicted octanol–water partition coefficient (Wildman–Crippen LogP) is 5.57. The second-order valence-electron chi connectivity index (χ2n) is 8.85. The Hall–Kier alpha value is -2.44. The van der Waals surface area contributed by atoms with Gasteiger partial charge in [-0.3, -0.25) is 0 Å². The van der Waals surface area contributed by atoms with Crippen LogP contribution in [0.25, 0.3) is 0 Å². The van der Waals surface area contributed by atoms with Gasteiger partial charge in [-0.15, -0.1) is 12.4 Å². The van der Waals surface area contributed by atoms with Gasteiger partial charge in [-0.2, -0.15) is 0 Å². The first-order valence-electron chi connectivity index (χ1n) is 11.5. The van der Waals surface area contributed by atoms with Crippen LogP contribution in [0.5, 0.6) is 5.75 Å². The molecule has 3 aromatic carbocycles.